The van der Waals surface area contributed by atoms with Crippen molar-refractivity contribution in [1.29, 1.82) is 0 Å². The van der Waals surface area contributed by atoms with Gasteiger partial charge in [0.2, 0.25) is 0 Å². The van der Waals surface area contributed by atoms with Gasteiger partial charge < -0.3 is 9.73 Å². The van der Waals surface area contributed by atoms with Crippen molar-refractivity contribution in [2.24, 2.45) is 0 Å². The maximum atomic E-state index is 13.2. The van der Waals surface area contributed by atoms with Gasteiger partial charge in [-0.2, -0.15) is 0 Å². The molecule has 1 N–H and O–H groups in total. The van der Waals surface area contributed by atoms with Gasteiger partial charge in [0, 0.05) is 17.8 Å². The van der Waals surface area contributed by atoms with Gasteiger partial charge in [-0.3, -0.25) is 19.0 Å². The lowest BCUT2D eigenvalue weighted by molar-refractivity contribution is -0.123. The first-order valence-electron chi connectivity index (χ1n) is 7.93. The number of hydrogen-bond donors (Lipinski definition) is 1. The second-order valence-corrected chi connectivity index (χ2v) is 6.10. The van der Waals surface area contributed by atoms with Gasteiger partial charge in [-0.25, -0.2) is 4.39 Å². The van der Waals surface area contributed by atoms with Crippen LogP contribution in [0.1, 0.15) is 22.2 Å². The number of benzene rings is 1. The molecule has 0 radical (unpaired) electrons. The van der Waals surface area contributed by atoms with Gasteiger partial charge in [-0.15, -0.1) is 0 Å². The van der Waals surface area contributed by atoms with Gasteiger partial charge in [0.15, 0.2) is 11.8 Å². The molecule has 1 atom stereocenters. The number of pyridine rings is 1. The largest absolute Gasteiger partial charge is 0.467 e. The van der Waals surface area contributed by atoms with Gasteiger partial charge in [0.1, 0.15) is 11.6 Å². The third-order valence-electron chi connectivity index (χ3n) is 3.82. The lowest BCUT2D eigenvalue weighted by atomic mass is 10.0. The fourth-order valence-corrected chi connectivity index (χ4v) is 2.67. The number of furan rings is 1. The van der Waals surface area contributed by atoms with Crippen molar-refractivity contribution in [1.82, 2.24) is 9.88 Å². The van der Waals surface area contributed by atoms with Crippen molar-refractivity contribution < 1.29 is 18.4 Å². The number of nitrogens with one attached hydrogen (secondary N) is 1. The summed E-state index contributed by atoms with van der Waals surface area (Å²) in [7, 11) is 0. The van der Waals surface area contributed by atoms with Crippen LogP contribution in [0.5, 0.6) is 0 Å². The zero-order chi connectivity index (χ0) is 19.4. The molecular formula is C19H14ClFN2O4. The van der Waals surface area contributed by atoms with Crippen LogP contribution in [0, 0.1) is 5.82 Å². The number of aromatic nitrogens is 1. The molecule has 0 fully saturated rings. The Morgan fingerprint density at radius 2 is 1.89 bits per heavy atom. The molecule has 138 valence electrons. The maximum absolute atomic E-state index is 13.2. The Kier molecular flexibility index (Phi) is 5.52. The molecule has 0 aliphatic rings. The van der Waals surface area contributed by atoms with E-state index >= 15 is 0 Å². The highest BCUT2D eigenvalue weighted by Crippen LogP contribution is 2.17. The molecule has 2 heterocycles. The highest BCUT2D eigenvalue weighted by molar-refractivity contribution is 6.30. The third-order valence-corrected chi connectivity index (χ3v) is 4.05. The Morgan fingerprint density at radius 3 is 2.56 bits per heavy atom. The lowest BCUT2D eigenvalue weighted by Crippen LogP contribution is -2.41. The van der Waals surface area contributed by atoms with Crippen LogP contribution in [0.25, 0.3) is 0 Å². The maximum Gasteiger partial charge on any atom is 0.251 e. The molecule has 0 saturated carbocycles. The second-order valence-electron chi connectivity index (χ2n) is 5.66. The summed E-state index contributed by atoms with van der Waals surface area (Å²) in [4.78, 5) is 37.9. The van der Waals surface area contributed by atoms with Crippen molar-refractivity contribution >= 4 is 23.3 Å². The minimum atomic E-state index is -1.50. The van der Waals surface area contributed by atoms with Crippen LogP contribution in [0.2, 0.25) is 5.02 Å². The van der Waals surface area contributed by atoms with Crippen LogP contribution in [0.15, 0.2) is 70.2 Å². The summed E-state index contributed by atoms with van der Waals surface area (Å²) in [5.74, 6) is -1.43. The first kappa shape index (κ1) is 18.6. The molecule has 0 saturated heterocycles. The molecule has 0 aliphatic carbocycles. The van der Waals surface area contributed by atoms with Crippen molar-refractivity contribution in [3.8, 4) is 0 Å². The van der Waals surface area contributed by atoms with Gasteiger partial charge in [0.05, 0.1) is 17.8 Å². The molecule has 1 amide bonds. The van der Waals surface area contributed by atoms with E-state index in [2.05, 4.69) is 5.32 Å². The number of carbonyl (C=O) groups is 2. The Hall–Kier alpha value is -3.19. The average molecular weight is 389 g/mol. The van der Waals surface area contributed by atoms with Crippen LogP contribution in [-0.2, 0) is 11.3 Å². The molecule has 27 heavy (non-hydrogen) atoms. The number of ketones is 1. The number of hydrogen-bond acceptors (Lipinski definition) is 4. The normalized spacial score (nSPS) is 11.8. The number of carbonyl (C=O) groups excluding carboxylic acids is 2. The number of Topliss-reactive ketones (excluding diaryl/α,β-unsaturated/α-hetero) is 1. The smallest absolute Gasteiger partial charge is 0.251 e. The molecule has 0 bridgehead atoms. The summed E-state index contributed by atoms with van der Waals surface area (Å²) < 4.78 is 19.2. The molecule has 8 heteroatoms. The quantitative estimate of drug-likeness (QED) is 0.520. The van der Waals surface area contributed by atoms with E-state index in [1.54, 1.807) is 12.1 Å². The third kappa shape index (κ3) is 4.32. The highest BCUT2D eigenvalue weighted by atomic mass is 35.5. The summed E-state index contributed by atoms with van der Waals surface area (Å²) in [6.07, 6.45) is 2.66. The minimum absolute atomic E-state index is 0.0361. The SMILES string of the molecule is O=C(NCc1ccco1)C(C(=O)c1ccc(F)cc1)n1cc(Cl)ccc1=O. The fraction of sp³-hybridized carbons (Fsp3) is 0.105. The van der Waals surface area contributed by atoms with Crippen LogP contribution in [0.4, 0.5) is 4.39 Å². The standard InChI is InChI=1S/C19H14ClFN2O4/c20-13-5-8-16(24)23(11-13)17(18(25)12-3-6-14(21)7-4-12)19(26)22-10-15-2-1-9-27-15/h1-9,11,17H,10H2,(H,22,26). The van der Waals surface area contributed by atoms with Gasteiger partial charge >= 0.3 is 0 Å². The predicted molar refractivity (Wildman–Crippen MR) is 96.0 cm³/mol. The molecule has 1 aromatic carbocycles. The molecule has 1 unspecified atom stereocenters. The Morgan fingerprint density at radius 1 is 1.15 bits per heavy atom. The van der Waals surface area contributed by atoms with Gasteiger partial charge in [0.25, 0.3) is 11.5 Å². The molecular weight excluding hydrogens is 375 g/mol. The first-order valence-corrected chi connectivity index (χ1v) is 8.31. The lowest BCUT2D eigenvalue weighted by Gasteiger charge is -2.18. The predicted octanol–water partition coefficient (Wildman–Crippen LogP) is 2.97. The minimum Gasteiger partial charge on any atom is -0.467 e. The van der Waals surface area contributed by atoms with E-state index in [4.69, 9.17) is 16.0 Å². The summed E-state index contributed by atoms with van der Waals surface area (Å²) in [6, 6.07) is 9.04. The topological polar surface area (TPSA) is 81.3 Å². The van der Waals surface area contributed by atoms with Crippen molar-refractivity contribution in [3.05, 3.63) is 93.5 Å². The number of rotatable bonds is 6. The van der Waals surface area contributed by atoms with Crippen LogP contribution in [0.3, 0.4) is 0 Å². The van der Waals surface area contributed by atoms with Crippen molar-refractivity contribution in [2.75, 3.05) is 0 Å². The number of nitrogens with zero attached hydrogens (tertiary/aromatic N) is 1. The Bertz CT molecular complexity index is 1010. The highest BCUT2D eigenvalue weighted by Gasteiger charge is 2.30. The number of amides is 1. The van der Waals surface area contributed by atoms with E-state index in [0.29, 0.717) is 5.76 Å². The van der Waals surface area contributed by atoms with E-state index in [0.717, 1.165) is 22.8 Å². The second kappa shape index (κ2) is 8.01. The van der Waals surface area contributed by atoms with E-state index in [1.165, 1.54) is 30.7 Å². The van der Waals surface area contributed by atoms with E-state index in [1.807, 2.05) is 0 Å². The van der Waals surface area contributed by atoms with E-state index in [-0.39, 0.29) is 17.1 Å². The van der Waals surface area contributed by atoms with Crippen molar-refractivity contribution in [2.45, 2.75) is 12.6 Å². The average Bonchev–Trinajstić information content (AvgIpc) is 3.17. The summed E-state index contributed by atoms with van der Waals surface area (Å²) in [5.41, 5.74) is -0.491. The summed E-state index contributed by atoms with van der Waals surface area (Å²) in [6.45, 7) is 0.0361. The molecule has 6 nitrogen and oxygen atoms in total. The van der Waals surface area contributed by atoms with Crippen molar-refractivity contribution in [3.63, 3.8) is 0 Å². The molecule has 3 rings (SSSR count). The van der Waals surface area contributed by atoms with Crippen LogP contribution >= 0.6 is 11.6 Å². The van der Waals surface area contributed by atoms with E-state index in [9.17, 15) is 18.8 Å². The fourth-order valence-electron chi connectivity index (χ4n) is 2.51. The van der Waals surface area contributed by atoms with Gasteiger partial charge in [-0.1, -0.05) is 11.6 Å². The Labute approximate surface area is 158 Å². The van der Waals surface area contributed by atoms with Crippen LogP contribution in [-0.4, -0.2) is 16.3 Å². The zero-order valence-electron chi connectivity index (χ0n) is 13.9. The molecule has 3 aromatic rings. The zero-order valence-corrected chi connectivity index (χ0v) is 14.7. The summed E-state index contributed by atoms with van der Waals surface area (Å²) in [5, 5.41) is 2.75. The van der Waals surface area contributed by atoms with Gasteiger partial charge in [-0.05, 0) is 42.5 Å². The summed E-state index contributed by atoms with van der Waals surface area (Å²) >= 11 is 5.93. The van der Waals surface area contributed by atoms with Crippen LogP contribution < -0.4 is 10.9 Å². The molecule has 0 spiro atoms. The molecule has 0 aliphatic heterocycles. The molecule has 2 aromatic heterocycles. The Balaban J connectivity index is 1.96. The number of halogens is 2. The monoisotopic (exact) mass is 388 g/mol. The van der Waals surface area contributed by atoms with E-state index < -0.39 is 29.1 Å². The first-order chi connectivity index (χ1) is 13.0.